The minimum Gasteiger partial charge on any atom is -0.409 e. The van der Waals surface area contributed by atoms with Gasteiger partial charge in [-0.2, -0.15) is 0 Å². The molecule has 0 unspecified atom stereocenters. The molecule has 0 aliphatic carbocycles. The zero-order chi connectivity index (χ0) is 14.4. The maximum atomic E-state index is 13.4. The van der Waals surface area contributed by atoms with Crippen LogP contribution in [-0.4, -0.2) is 35.4 Å². The standard InChI is InChI=1S/C12H15F2N3O2/c1-17(6-5-11(15)16-19)12(18)7-8-9(13)3-2-4-10(8)14/h2-4,19H,5-7H2,1H3,(H2,15,16). The van der Waals surface area contributed by atoms with E-state index in [4.69, 9.17) is 10.9 Å². The van der Waals surface area contributed by atoms with Crippen molar-refractivity contribution >= 4 is 11.7 Å². The van der Waals surface area contributed by atoms with E-state index in [9.17, 15) is 13.6 Å². The number of carbonyl (C=O) groups is 1. The topological polar surface area (TPSA) is 78.9 Å². The molecule has 0 saturated heterocycles. The molecule has 3 N–H and O–H groups in total. The summed E-state index contributed by atoms with van der Waals surface area (Å²) in [5, 5.41) is 11.1. The molecule has 0 spiro atoms. The molecule has 19 heavy (non-hydrogen) atoms. The molecule has 1 rings (SSSR count). The molecule has 0 aromatic heterocycles. The van der Waals surface area contributed by atoms with Gasteiger partial charge in [0, 0.05) is 25.6 Å². The van der Waals surface area contributed by atoms with E-state index in [1.54, 1.807) is 0 Å². The molecule has 1 aromatic carbocycles. The Morgan fingerprint density at radius 3 is 2.53 bits per heavy atom. The van der Waals surface area contributed by atoms with Crippen LogP contribution < -0.4 is 5.73 Å². The highest BCUT2D eigenvalue weighted by molar-refractivity contribution is 5.82. The highest BCUT2D eigenvalue weighted by Crippen LogP contribution is 2.13. The van der Waals surface area contributed by atoms with Crippen LogP contribution in [-0.2, 0) is 11.2 Å². The summed E-state index contributed by atoms with van der Waals surface area (Å²) in [7, 11) is 1.48. The first kappa shape index (κ1) is 14.9. The van der Waals surface area contributed by atoms with Gasteiger partial charge < -0.3 is 15.8 Å². The molecular weight excluding hydrogens is 256 g/mol. The van der Waals surface area contributed by atoms with Crippen molar-refractivity contribution in [3.8, 4) is 0 Å². The van der Waals surface area contributed by atoms with E-state index >= 15 is 0 Å². The monoisotopic (exact) mass is 271 g/mol. The maximum Gasteiger partial charge on any atom is 0.226 e. The van der Waals surface area contributed by atoms with E-state index in [-0.39, 0.29) is 30.8 Å². The first-order valence-corrected chi connectivity index (χ1v) is 5.59. The number of carbonyl (C=O) groups excluding carboxylic acids is 1. The number of rotatable bonds is 5. The second kappa shape index (κ2) is 6.67. The van der Waals surface area contributed by atoms with Crippen LogP contribution in [0.25, 0.3) is 0 Å². The Labute approximate surface area is 109 Å². The largest absolute Gasteiger partial charge is 0.409 e. The molecule has 0 saturated carbocycles. The van der Waals surface area contributed by atoms with E-state index in [2.05, 4.69) is 5.16 Å². The molecule has 1 amide bonds. The Kier molecular flexibility index (Phi) is 5.23. The van der Waals surface area contributed by atoms with Crippen LogP contribution in [0.1, 0.15) is 12.0 Å². The number of hydrogen-bond donors (Lipinski definition) is 2. The first-order chi connectivity index (χ1) is 8.95. The average molecular weight is 271 g/mol. The lowest BCUT2D eigenvalue weighted by Gasteiger charge is -2.17. The summed E-state index contributed by atoms with van der Waals surface area (Å²) in [6, 6.07) is 3.44. The minimum atomic E-state index is -0.752. The lowest BCUT2D eigenvalue weighted by molar-refractivity contribution is -0.129. The van der Waals surface area contributed by atoms with E-state index < -0.39 is 17.5 Å². The third kappa shape index (κ3) is 4.20. The molecule has 0 radical (unpaired) electrons. The Morgan fingerprint density at radius 2 is 2.00 bits per heavy atom. The van der Waals surface area contributed by atoms with Crippen molar-refractivity contribution in [1.29, 1.82) is 0 Å². The zero-order valence-electron chi connectivity index (χ0n) is 10.4. The summed E-state index contributed by atoms with van der Waals surface area (Å²) in [4.78, 5) is 13.0. The number of amides is 1. The summed E-state index contributed by atoms with van der Waals surface area (Å²) < 4.78 is 26.7. The molecule has 0 atom stereocenters. The number of amidine groups is 1. The summed E-state index contributed by atoms with van der Waals surface area (Å²) in [6.07, 6.45) is -0.191. The second-order valence-corrected chi connectivity index (χ2v) is 4.03. The maximum absolute atomic E-state index is 13.4. The van der Waals surface area contributed by atoms with Crippen LogP contribution in [0.15, 0.2) is 23.4 Å². The van der Waals surface area contributed by atoms with Gasteiger partial charge in [-0.3, -0.25) is 4.79 Å². The number of nitrogens with two attached hydrogens (primary N) is 1. The SMILES string of the molecule is CN(CCC(N)=NO)C(=O)Cc1c(F)cccc1F. The fourth-order valence-electron chi connectivity index (χ4n) is 1.44. The van der Waals surface area contributed by atoms with Crippen molar-refractivity contribution in [2.24, 2.45) is 10.9 Å². The molecule has 0 heterocycles. The molecule has 7 heteroatoms. The Morgan fingerprint density at radius 1 is 1.42 bits per heavy atom. The predicted molar refractivity (Wildman–Crippen MR) is 65.7 cm³/mol. The van der Waals surface area contributed by atoms with Gasteiger partial charge in [0.2, 0.25) is 5.91 Å². The van der Waals surface area contributed by atoms with Gasteiger partial charge in [0.25, 0.3) is 0 Å². The van der Waals surface area contributed by atoms with Gasteiger partial charge in [-0.25, -0.2) is 8.78 Å². The van der Waals surface area contributed by atoms with Crippen molar-refractivity contribution in [1.82, 2.24) is 4.90 Å². The molecular formula is C12H15F2N3O2. The van der Waals surface area contributed by atoms with Crippen LogP contribution in [0.2, 0.25) is 0 Å². The normalized spacial score (nSPS) is 11.4. The van der Waals surface area contributed by atoms with E-state index in [1.165, 1.54) is 18.0 Å². The molecule has 1 aromatic rings. The van der Waals surface area contributed by atoms with Crippen molar-refractivity contribution in [3.63, 3.8) is 0 Å². The quantitative estimate of drug-likeness (QED) is 0.364. The summed E-state index contributed by atoms with van der Waals surface area (Å²) in [5.41, 5.74) is 5.00. The van der Waals surface area contributed by atoms with E-state index in [0.717, 1.165) is 12.1 Å². The Balaban J connectivity index is 2.64. The highest BCUT2D eigenvalue weighted by atomic mass is 19.1. The fraction of sp³-hybridized carbons (Fsp3) is 0.333. The average Bonchev–Trinajstić information content (AvgIpc) is 2.39. The smallest absolute Gasteiger partial charge is 0.226 e. The van der Waals surface area contributed by atoms with Gasteiger partial charge in [-0.05, 0) is 12.1 Å². The van der Waals surface area contributed by atoms with Crippen molar-refractivity contribution in [3.05, 3.63) is 35.4 Å². The van der Waals surface area contributed by atoms with Crippen molar-refractivity contribution in [2.75, 3.05) is 13.6 Å². The molecule has 5 nitrogen and oxygen atoms in total. The van der Waals surface area contributed by atoms with Gasteiger partial charge in [-0.15, -0.1) is 0 Å². The number of benzene rings is 1. The molecule has 104 valence electrons. The number of nitrogens with zero attached hydrogens (tertiary/aromatic N) is 2. The van der Waals surface area contributed by atoms with Gasteiger partial charge in [0.1, 0.15) is 17.5 Å². The lowest BCUT2D eigenvalue weighted by Crippen LogP contribution is -2.32. The zero-order valence-corrected chi connectivity index (χ0v) is 10.4. The van der Waals surface area contributed by atoms with Crippen LogP contribution in [0.4, 0.5) is 8.78 Å². The van der Waals surface area contributed by atoms with Crippen LogP contribution in [0, 0.1) is 11.6 Å². The first-order valence-electron chi connectivity index (χ1n) is 5.59. The van der Waals surface area contributed by atoms with E-state index in [1.807, 2.05) is 0 Å². The van der Waals surface area contributed by atoms with Gasteiger partial charge in [-0.1, -0.05) is 11.2 Å². The molecule has 0 fully saturated rings. The number of likely N-dealkylation sites (N-methyl/N-ethyl adjacent to an activating group) is 1. The van der Waals surface area contributed by atoms with E-state index in [0.29, 0.717) is 0 Å². The van der Waals surface area contributed by atoms with Crippen LogP contribution in [0.3, 0.4) is 0 Å². The number of oxime groups is 1. The summed E-state index contributed by atoms with van der Waals surface area (Å²) >= 11 is 0. The van der Waals surface area contributed by atoms with Gasteiger partial charge >= 0.3 is 0 Å². The summed E-state index contributed by atoms with van der Waals surface area (Å²) in [5.74, 6) is -1.97. The number of halogens is 2. The highest BCUT2D eigenvalue weighted by Gasteiger charge is 2.16. The van der Waals surface area contributed by atoms with Crippen molar-refractivity contribution < 1.29 is 18.8 Å². The Hall–Kier alpha value is -2.18. The Bertz CT molecular complexity index is 472. The lowest BCUT2D eigenvalue weighted by atomic mass is 10.1. The summed E-state index contributed by atoms with van der Waals surface area (Å²) in [6.45, 7) is 0.199. The number of hydrogen-bond acceptors (Lipinski definition) is 3. The fourth-order valence-corrected chi connectivity index (χ4v) is 1.44. The third-order valence-electron chi connectivity index (χ3n) is 2.65. The third-order valence-corrected chi connectivity index (χ3v) is 2.65. The van der Waals surface area contributed by atoms with Crippen LogP contribution in [0.5, 0.6) is 0 Å². The van der Waals surface area contributed by atoms with Gasteiger partial charge in [0.15, 0.2) is 0 Å². The van der Waals surface area contributed by atoms with Gasteiger partial charge in [0.05, 0.1) is 6.42 Å². The second-order valence-electron chi connectivity index (χ2n) is 4.03. The minimum absolute atomic E-state index is 0.0169. The van der Waals surface area contributed by atoms with Crippen LogP contribution >= 0.6 is 0 Å². The van der Waals surface area contributed by atoms with Crippen molar-refractivity contribution in [2.45, 2.75) is 12.8 Å². The molecule has 0 aliphatic heterocycles. The molecule has 0 aliphatic rings. The predicted octanol–water partition coefficient (Wildman–Crippen LogP) is 1.10. The molecule has 0 bridgehead atoms.